The minimum atomic E-state index is 0.0647. The zero-order chi connectivity index (χ0) is 21.3. The quantitative estimate of drug-likeness (QED) is 0.457. The maximum atomic E-state index is 12.2. The highest BCUT2D eigenvalue weighted by molar-refractivity contribution is 7.99. The van der Waals surface area contributed by atoms with Crippen LogP contribution in [0.1, 0.15) is 45.1 Å². The van der Waals surface area contributed by atoms with E-state index in [1.165, 1.54) is 43.3 Å². The van der Waals surface area contributed by atoms with Crippen LogP contribution in [-0.4, -0.2) is 57.5 Å². The van der Waals surface area contributed by atoms with E-state index in [0.29, 0.717) is 5.75 Å². The zero-order valence-electron chi connectivity index (χ0n) is 18.6. The van der Waals surface area contributed by atoms with Crippen molar-refractivity contribution in [2.75, 3.05) is 31.9 Å². The van der Waals surface area contributed by atoms with Crippen molar-refractivity contribution in [2.45, 2.75) is 58.2 Å². The third-order valence-electron chi connectivity index (χ3n) is 5.85. The number of carbonyl (C=O) groups excluding carboxylic acids is 1. The second kappa shape index (κ2) is 11.5. The molecule has 0 atom stereocenters. The van der Waals surface area contributed by atoms with E-state index in [0.717, 1.165) is 54.9 Å². The highest BCUT2D eigenvalue weighted by Crippen LogP contribution is 2.26. The van der Waals surface area contributed by atoms with E-state index >= 15 is 0 Å². The van der Waals surface area contributed by atoms with Gasteiger partial charge in [-0.05, 0) is 70.6 Å². The number of hydrogen-bond acceptors (Lipinski definition) is 5. The van der Waals surface area contributed by atoms with Crippen LogP contribution in [-0.2, 0) is 11.3 Å². The molecule has 1 amide bonds. The molecule has 0 radical (unpaired) electrons. The Kier molecular flexibility index (Phi) is 8.75. The minimum Gasteiger partial charge on any atom is -0.355 e. The van der Waals surface area contributed by atoms with Gasteiger partial charge in [0.15, 0.2) is 11.0 Å². The van der Waals surface area contributed by atoms with Crippen molar-refractivity contribution in [3.05, 3.63) is 29.8 Å². The highest BCUT2D eigenvalue weighted by Gasteiger charge is 2.16. The molecule has 0 spiro atoms. The molecule has 7 heteroatoms. The zero-order valence-corrected chi connectivity index (χ0v) is 19.4. The number of nitrogens with one attached hydrogen (secondary N) is 1. The number of unbranched alkanes of at least 4 members (excludes halogenated alkanes) is 1. The molecular weight excluding hydrogens is 394 g/mol. The smallest absolute Gasteiger partial charge is 0.230 e. The standard InChI is InChI=1S/C23H35N5OS/c1-4-28-22(20-10-6-5-9-19(20)3)25-26-23(28)30-17-21(29)24-13-7-8-14-27-15-11-18(2)12-16-27/h5-6,9-10,18H,4,7-8,11-17H2,1-3H3,(H,24,29). The van der Waals surface area contributed by atoms with Gasteiger partial charge in [-0.15, -0.1) is 10.2 Å². The van der Waals surface area contributed by atoms with E-state index in [-0.39, 0.29) is 5.91 Å². The molecule has 2 heterocycles. The molecule has 164 valence electrons. The van der Waals surface area contributed by atoms with E-state index in [1.54, 1.807) is 0 Å². The summed E-state index contributed by atoms with van der Waals surface area (Å²) in [5.74, 6) is 2.18. The summed E-state index contributed by atoms with van der Waals surface area (Å²) < 4.78 is 2.08. The minimum absolute atomic E-state index is 0.0647. The predicted octanol–water partition coefficient (Wildman–Crippen LogP) is 3.99. The van der Waals surface area contributed by atoms with Crippen LogP contribution in [0, 0.1) is 12.8 Å². The summed E-state index contributed by atoms with van der Waals surface area (Å²) >= 11 is 1.46. The number of benzene rings is 1. The lowest BCUT2D eigenvalue weighted by Crippen LogP contribution is -2.34. The molecule has 0 saturated carbocycles. The molecule has 1 saturated heterocycles. The lowest BCUT2D eigenvalue weighted by atomic mass is 9.99. The first-order valence-electron chi connectivity index (χ1n) is 11.2. The van der Waals surface area contributed by atoms with Crippen LogP contribution in [0.3, 0.4) is 0 Å². The number of likely N-dealkylation sites (tertiary alicyclic amines) is 1. The highest BCUT2D eigenvalue weighted by atomic mass is 32.2. The molecule has 1 aliphatic rings. The van der Waals surface area contributed by atoms with Gasteiger partial charge in [-0.3, -0.25) is 4.79 Å². The van der Waals surface area contributed by atoms with Gasteiger partial charge >= 0.3 is 0 Å². The molecule has 0 aliphatic carbocycles. The number of piperidine rings is 1. The number of amides is 1. The van der Waals surface area contributed by atoms with Gasteiger partial charge in [-0.1, -0.05) is 43.0 Å². The second-order valence-corrected chi connectivity index (χ2v) is 9.18. The maximum absolute atomic E-state index is 12.2. The fraction of sp³-hybridized carbons (Fsp3) is 0.609. The van der Waals surface area contributed by atoms with Crippen molar-refractivity contribution < 1.29 is 4.79 Å². The topological polar surface area (TPSA) is 63.1 Å². The molecule has 0 unspecified atom stereocenters. The Balaban J connectivity index is 1.39. The fourth-order valence-corrected chi connectivity index (χ4v) is 4.69. The van der Waals surface area contributed by atoms with Crippen LogP contribution >= 0.6 is 11.8 Å². The molecule has 30 heavy (non-hydrogen) atoms. The molecule has 3 rings (SSSR count). The fourth-order valence-electron chi connectivity index (χ4n) is 3.86. The lowest BCUT2D eigenvalue weighted by Gasteiger charge is -2.30. The number of carbonyl (C=O) groups is 1. The van der Waals surface area contributed by atoms with Gasteiger partial charge in [0.1, 0.15) is 0 Å². The number of hydrogen-bond donors (Lipinski definition) is 1. The summed E-state index contributed by atoms with van der Waals surface area (Å²) in [5, 5.41) is 12.6. The number of aromatic nitrogens is 3. The number of nitrogens with zero attached hydrogens (tertiary/aromatic N) is 4. The molecule has 0 bridgehead atoms. The average molecular weight is 430 g/mol. The molecule has 1 aromatic carbocycles. The van der Waals surface area contributed by atoms with E-state index in [1.807, 2.05) is 12.1 Å². The van der Waals surface area contributed by atoms with Gasteiger partial charge in [-0.2, -0.15) is 0 Å². The third-order valence-corrected chi connectivity index (χ3v) is 6.82. The van der Waals surface area contributed by atoms with E-state index in [9.17, 15) is 4.79 Å². The molecule has 6 nitrogen and oxygen atoms in total. The van der Waals surface area contributed by atoms with E-state index < -0.39 is 0 Å². The Bertz CT molecular complexity index is 814. The third kappa shape index (κ3) is 6.32. The Hall–Kier alpha value is -1.86. The average Bonchev–Trinajstić information content (AvgIpc) is 3.16. The summed E-state index contributed by atoms with van der Waals surface area (Å²) in [7, 11) is 0. The summed E-state index contributed by atoms with van der Waals surface area (Å²) in [6, 6.07) is 8.19. The summed E-state index contributed by atoms with van der Waals surface area (Å²) in [6.45, 7) is 11.6. The Morgan fingerprint density at radius 1 is 1.20 bits per heavy atom. The Morgan fingerprint density at radius 2 is 1.97 bits per heavy atom. The largest absolute Gasteiger partial charge is 0.355 e. The van der Waals surface area contributed by atoms with Crippen LogP contribution in [0.25, 0.3) is 11.4 Å². The van der Waals surface area contributed by atoms with Crippen molar-refractivity contribution in [3.8, 4) is 11.4 Å². The van der Waals surface area contributed by atoms with Gasteiger partial charge in [0.05, 0.1) is 5.75 Å². The first-order chi connectivity index (χ1) is 14.6. The molecule has 1 aliphatic heterocycles. The molecule has 1 fully saturated rings. The van der Waals surface area contributed by atoms with Gasteiger partial charge in [0, 0.05) is 18.7 Å². The Labute approximate surface area is 184 Å². The van der Waals surface area contributed by atoms with Crippen LogP contribution in [0.2, 0.25) is 0 Å². The SMILES string of the molecule is CCn1c(SCC(=O)NCCCCN2CCC(C)CC2)nnc1-c1ccccc1C. The van der Waals surface area contributed by atoms with Crippen molar-refractivity contribution in [1.29, 1.82) is 0 Å². The second-order valence-electron chi connectivity index (χ2n) is 8.24. The molecule has 1 N–H and O–H groups in total. The normalized spacial score (nSPS) is 15.4. The van der Waals surface area contributed by atoms with Gasteiger partial charge in [-0.25, -0.2) is 0 Å². The van der Waals surface area contributed by atoms with Gasteiger partial charge < -0.3 is 14.8 Å². The summed E-state index contributed by atoms with van der Waals surface area (Å²) in [6.07, 6.45) is 4.82. The molecule has 2 aromatic rings. The van der Waals surface area contributed by atoms with Crippen LogP contribution < -0.4 is 5.32 Å². The van der Waals surface area contributed by atoms with Crippen molar-refractivity contribution >= 4 is 17.7 Å². The summed E-state index contributed by atoms with van der Waals surface area (Å²) in [4.78, 5) is 14.8. The first-order valence-corrected chi connectivity index (χ1v) is 12.2. The number of thioether (sulfide) groups is 1. The number of rotatable bonds is 10. The maximum Gasteiger partial charge on any atom is 0.230 e. The predicted molar refractivity (Wildman–Crippen MR) is 124 cm³/mol. The Morgan fingerprint density at radius 3 is 2.70 bits per heavy atom. The van der Waals surface area contributed by atoms with Crippen molar-refractivity contribution in [3.63, 3.8) is 0 Å². The van der Waals surface area contributed by atoms with Crippen LogP contribution in [0.15, 0.2) is 29.4 Å². The van der Waals surface area contributed by atoms with Crippen LogP contribution in [0.5, 0.6) is 0 Å². The van der Waals surface area contributed by atoms with E-state index in [4.69, 9.17) is 0 Å². The van der Waals surface area contributed by atoms with Crippen molar-refractivity contribution in [1.82, 2.24) is 25.0 Å². The number of aryl methyl sites for hydroxylation is 1. The van der Waals surface area contributed by atoms with E-state index in [2.05, 4.69) is 57.9 Å². The summed E-state index contributed by atoms with van der Waals surface area (Å²) in [5.41, 5.74) is 2.26. The molecular formula is C23H35N5OS. The first kappa shape index (κ1) is 22.8. The van der Waals surface area contributed by atoms with Crippen LogP contribution in [0.4, 0.5) is 0 Å². The van der Waals surface area contributed by atoms with Crippen molar-refractivity contribution in [2.24, 2.45) is 5.92 Å². The monoisotopic (exact) mass is 429 g/mol. The van der Waals surface area contributed by atoms with Gasteiger partial charge in [0.25, 0.3) is 0 Å². The van der Waals surface area contributed by atoms with Gasteiger partial charge in [0.2, 0.25) is 5.91 Å². The molecule has 1 aromatic heterocycles. The lowest BCUT2D eigenvalue weighted by molar-refractivity contribution is -0.118.